The molecule has 6 heteroatoms. The number of morpholine rings is 1. The standard InChI is InChI=1S/C18H19FN2O3/c1-13-3-2-4-16(19)18(13)24-17-6-5-14(9-20-17)10-21-7-8-23-15(11-21)12-22/h2-6,9,12,15H,7-8,10-11H2,1H3/t15-/m0/s1. The zero-order valence-corrected chi connectivity index (χ0v) is 13.4. The maximum absolute atomic E-state index is 13.8. The van der Waals surface area contributed by atoms with E-state index in [4.69, 9.17) is 9.47 Å². The molecule has 0 saturated carbocycles. The minimum atomic E-state index is -0.408. The Bertz CT molecular complexity index is 686. The van der Waals surface area contributed by atoms with E-state index in [9.17, 15) is 9.18 Å². The average Bonchev–Trinajstić information content (AvgIpc) is 2.60. The molecule has 1 aromatic carbocycles. The Morgan fingerprint density at radius 1 is 1.42 bits per heavy atom. The largest absolute Gasteiger partial charge is 0.436 e. The summed E-state index contributed by atoms with van der Waals surface area (Å²) in [5.41, 5.74) is 1.72. The second-order valence-electron chi connectivity index (χ2n) is 5.77. The number of nitrogens with zero attached hydrogens (tertiary/aromatic N) is 2. The molecule has 1 aliphatic heterocycles. The predicted molar refractivity (Wildman–Crippen MR) is 86.5 cm³/mol. The van der Waals surface area contributed by atoms with Crippen molar-refractivity contribution in [1.29, 1.82) is 0 Å². The lowest BCUT2D eigenvalue weighted by molar-refractivity contribution is -0.123. The van der Waals surface area contributed by atoms with Gasteiger partial charge < -0.3 is 14.3 Å². The van der Waals surface area contributed by atoms with Crippen LogP contribution in [-0.4, -0.2) is 42.0 Å². The molecule has 0 spiro atoms. The summed E-state index contributed by atoms with van der Waals surface area (Å²) in [7, 11) is 0. The first kappa shape index (κ1) is 16.5. The highest BCUT2D eigenvalue weighted by Crippen LogP contribution is 2.26. The zero-order chi connectivity index (χ0) is 16.9. The highest BCUT2D eigenvalue weighted by Gasteiger charge is 2.19. The predicted octanol–water partition coefficient (Wildman–Crippen LogP) is 2.72. The number of hydrogen-bond acceptors (Lipinski definition) is 5. The lowest BCUT2D eigenvalue weighted by atomic mass is 10.2. The van der Waals surface area contributed by atoms with E-state index in [1.807, 2.05) is 6.07 Å². The fourth-order valence-electron chi connectivity index (χ4n) is 2.63. The molecule has 24 heavy (non-hydrogen) atoms. The molecule has 1 saturated heterocycles. The quantitative estimate of drug-likeness (QED) is 0.789. The average molecular weight is 330 g/mol. The fourth-order valence-corrected chi connectivity index (χ4v) is 2.63. The molecular weight excluding hydrogens is 311 g/mol. The third-order valence-corrected chi connectivity index (χ3v) is 3.90. The van der Waals surface area contributed by atoms with E-state index < -0.39 is 5.82 Å². The van der Waals surface area contributed by atoms with Gasteiger partial charge in [0.1, 0.15) is 12.4 Å². The Hall–Kier alpha value is -2.31. The summed E-state index contributed by atoms with van der Waals surface area (Å²) in [5, 5.41) is 0. The lowest BCUT2D eigenvalue weighted by Crippen LogP contribution is -2.42. The van der Waals surface area contributed by atoms with Crippen LogP contribution in [-0.2, 0) is 16.1 Å². The van der Waals surface area contributed by atoms with Crippen LogP contribution in [0.3, 0.4) is 0 Å². The molecular formula is C18H19FN2O3. The van der Waals surface area contributed by atoms with Crippen LogP contribution in [0, 0.1) is 12.7 Å². The van der Waals surface area contributed by atoms with E-state index in [-0.39, 0.29) is 11.9 Å². The van der Waals surface area contributed by atoms with Gasteiger partial charge in [0.25, 0.3) is 0 Å². The van der Waals surface area contributed by atoms with Crippen LogP contribution in [0.2, 0.25) is 0 Å². The minimum Gasteiger partial charge on any atom is -0.436 e. The van der Waals surface area contributed by atoms with Gasteiger partial charge in [-0.25, -0.2) is 9.37 Å². The number of halogens is 1. The number of aldehydes is 1. The first-order valence-electron chi connectivity index (χ1n) is 7.83. The number of pyridine rings is 1. The van der Waals surface area contributed by atoms with Gasteiger partial charge in [-0.2, -0.15) is 0 Å². The number of ether oxygens (including phenoxy) is 2. The lowest BCUT2D eigenvalue weighted by Gasteiger charge is -2.30. The van der Waals surface area contributed by atoms with Crippen molar-refractivity contribution in [3.63, 3.8) is 0 Å². The highest BCUT2D eigenvalue weighted by atomic mass is 19.1. The van der Waals surface area contributed by atoms with Gasteiger partial charge >= 0.3 is 0 Å². The van der Waals surface area contributed by atoms with E-state index in [1.54, 1.807) is 31.3 Å². The molecule has 1 fully saturated rings. The topological polar surface area (TPSA) is 51.7 Å². The van der Waals surface area contributed by atoms with Crippen LogP contribution in [0.1, 0.15) is 11.1 Å². The zero-order valence-electron chi connectivity index (χ0n) is 13.4. The van der Waals surface area contributed by atoms with Crippen molar-refractivity contribution in [1.82, 2.24) is 9.88 Å². The Balaban J connectivity index is 1.64. The van der Waals surface area contributed by atoms with Gasteiger partial charge in [-0.05, 0) is 24.1 Å². The van der Waals surface area contributed by atoms with Gasteiger partial charge in [-0.15, -0.1) is 0 Å². The van der Waals surface area contributed by atoms with Gasteiger partial charge in [0, 0.05) is 31.9 Å². The molecule has 0 amide bonds. The van der Waals surface area contributed by atoms with Crippen molar-refractivity contribution in [2.75, 3.05) is 19.7 Å². The van der Waals surface area contributed by atoms with Crippen LogP contribution < -0.4 is 4.74 Å². The monoisotopic (exact) mass is 330 g/mol. The van der Waals surface area contributed by atoms with Crippen LogP contribution in [0.15, 0.2) is 36.5 Å². The summed E-state index contributed by atoms with van der Waals surface area (Å²) in [4.78, 5) is 17.2. The second-order valence-corrected chi connectivity index (χ2v) is 5.77. The number of carbonyl (C=O) groups is 1. The molecule has 126 valence electrons. The molecule has 1 aliphatic rings. The number of para-hydroxylation sites is 1. The molecule has 1 aromatic heterocycles. The summed E-state index contributed by atoms with van der Waals surface area (Å²) in [6, 6.07) is 8.40. The third kappa shape index (κ3) is 3.96. The number of hydrogen-bond donors (Lipinski definition) is 0. The van der Waals surface area contributed by atoms with E-state index >= 15 is 0 Å². The molecule has 0 radical (unpaired) electrons. The first-order chi connectivity index (χ1) is 11.7. The SMILES string of the molecule is Cc1cccc(F)c1Oc1ccc(CN2CCO[C@H](C=O)C2)cn1. The van der Waals surface area contributed by atoms with Crippen LogP contribution >= 0.6 is 0 Å². The first-order valence-corrected chi connectivity index (χ1v) is 7.83. The molecule has 0 aliphatic carbocycles. The van der Waals surface area contributed by atoms with Gasteiger partial charge in [0.2, 0.25) is 5.88 Å². The maximum atomic E-state index is 13.8. The molecule has 2 heterocycles. The van der Waals surface area contributed by atoms with E-state index in [0.717, 1.165) is 18.4 Å². The van der Waals surface area contributed by atoms with Crippen molar-refractivity contribution < 1.29 is 18.7 Å². The van der Waals surface area contributed by atoms with Gasteiger partial charge in [0.05, 0.1) is 6.61 Å². The van der Waals surface area contributed by atoms with E-state index in [2.05, 4.69) is 9.88 Å². The number of carbonyl (C=O) groups excluding carboxylic acids is 1. The van der Waals surface area contributed by atoms with Crippen LogP contribution in [0.5, 0.6) is 11.6 Å². The van der Waals surface area contributed by atoms with Crippen molar-refractivity contribution in [2.24, 2.45) is 0 Å². The Labute approximate surface area is 140 Å². The maximum Gasteiger partial charge on any atom is 0.219 e. The Kier molecular flexibility index (Phi) is 5.17. The summed E-state index contributed by atoms with van der Waals surface area (Å²) in [6.07, 6.45) is 2.17. The van der Waals surface area contributed by atoms with Crippen LogP contribution in [0.4, 0.5) is 4.39 Å². The van der Waals surface area contributed by atoms with Gasteiger partial charge in [-0.1, -0.05) is 18.2 Å². The molecule has 1 atom stereocenters. The number of aryl methyl sites for hydroxylation is 1. The summed E-state index contributed by atoms with van der Waals surface area (Å²) >= 11 is 0. The second kappa shape index (κ2) is 7.51. The molecule has 2 aromatic rings. The Morgan fingerprint density at radius 3 is 3.00 bits per heavy atom. The number of benzene rings is 1. The minimum absolute atomic E-state index is 0.194. The van der Waals surface area contributed by atoms with E-state index in [1.165, 1.54) is 6.07 Å². The molecule has 5 nitrogen and oxygen atoms in total. The van der Waals surface area contributed by atoms with Crippen molar-refractivity contribution in [3.05, 3.63) is 53.5 Å². The number of rotatable bonds is 5. The smallest absolute Gasteiger partial charge is 0.219 e. The summed E-state index contributed by atoms with van der Waals surface area (Å²) in [6.45, 7) is 4.37. The molecule has 0 unspecified atom stereocenters. The van der Waals surface area contributed by atoms with Crippen molar-refractivity contribution >= 4 is 6.29 Å². The van der Waals surface area contributed by atoms with Crippen molar-refractivity contribution in [2.45, 2.75) is 19.6 Å². The molecule has 3 rings (SSSR count). The van der Waals surface area contributed by atoms with Gasteiger partial charge in [0.15, 0.2) is 11.6 Å². The van der Waals surface area contributed by atoms with Gasteiger partial charge in [-0.3, -0.25) is 4.90 Å². The normalized spacial score (nSPS) is 18.3. The number of aromatic nitrogens is 1. The summed E-state index contributed by atoms with van der Waals surface area (Å²) < 4.78 is 24.7. The van der Waals surface area contributed by atoms with Crippen LogP contribution in [0.25, 0.3) is 0 Å². The molecule has 0 N–H and O–H groups in total. The highest BCUT2D eigenvalue weighted by molar-refractivity contribution is 5.56. The fraction of sp³-hybridized carbons (Fsp3) is 0.333. The Morgan fingerprint density at radius 2 is 2.29 bits per heavy atom. The third-order valence-electron chi connectivity index (χ3n) is 3.90. The van der Waals surface area contributed by atoms with Crippen molar-refractivity contribution in [3.8, 4) is 11.6 Å². The van der Waals surface area contributed by atoms with E-state index in [0.29, 0.717) is 31.1 Å². The summed E-state index contributed by atoms with van der Waals surface area (Å²) in [5.74, 6) is 0.133. The molecule has 0 bridgehead atoms.